The molecule has 2 aliphatic heterocycles. The number of ether oxygens (including phenoxy) is 2. The molecule has 0 aromatic carbocycles. The summed E-state index contributed by atoms with van der Waals surface area (Å²) in [5.41, 5.74) is -3.49. The summed E-state index contributed by atoms with van der Waals surface area (Å²) in [6, 6.07) is 0.981. The fourth-order valence-electron chi connectivity index (χ4n) is 4.83. The second kappa shape index (κ2) is 7.37. The Hall–Kier alpha value is -1.29. The van der Waals surface area contributed by atoms with E-state index in [0.29, 0.717) is 19.3 Å². The highest BCUT2D eigenvalue weighted by Crippen LogP contribution is 2.80. The van der Waals surface area contributed by atoms with Crippen LogP contribution in [0.3, 0.4) is 0 Å². The van der Waals surface area contributed by atoms with Gasteiger partial charge >= 0.3 is 13.3 Å². The molecular weight excluding hydrogens is 427 g/mol. The van der Waals surface area contributed by atoms with E-state index in [-0.39, 0.29) is 30.6 Å². The quantitative estimate of drug-likeness (QED) is 0.470. The van der Waals surface area contributed by atoms with Crippen molar-refractivity contribution in [3.63, 3.8) is 0 Å². The molecule has 4 rings (SSSR count). The number of hydrogen-bond acceptors (Lipinski definition) is 8. The Morgan fingerprint density at radius 1 is 1.32 bits per heavy atom. The molecule has 0 bridgehead atoms. The van der Waals surface area contributed by atoms with Crippen LogP contribution in [0.25, 0.3) is 0 Å². The highest BCUT2D eigenvalue weighted by atomic mass is 31.2. The molecule has 7 atom stereocenters. The van der Waals surface area contributed by atoms with Crippen LogP contribution in [0.4, 0.5) is 0 Å². The number of fused-ring (bicyclic) bond motifs is 1. The SMILES string of the molecule is CCC(C)(CC1C[C@@H](n2ccc(=O)[nH]c2=O)[C@@H]2OC(C)(C)OC12)OP1(=O)OC1(O)CC. The molecular formula is C20H31N2O8P. The summed E-state index contributed by atoms with van der Waals surface area (Å²) in [7, 11) is -3.58. The molecule has 2 saturated heterocycles. The van der Waals surface area contributed by atoms with E-state index in [0.717, 1.165) is 0 Å². The van der Waals surface area contributed by atoms with E-state index in [2.05, 4.69) is 4.98 Å². The van der Waals surface area contributed by atoms with Crippen LogP contribution < -0.4 is 11.2 Å². The smallest absolute Gasteiger partial charge is 0.356 e. The molecule has 11 heteroatoms. The van der Waals surface area contributed by atoms with Crippen molar-refractivity contribution in [3.8, 4) is 0 Å². The summed E-state index contributed by atoms with van der Waals surface area (Å²) in [5, 5.41) is 10.2. The number of aromatic amines is 1. The van der Waals surface area contributed by atoms with E-state index in [9.17, 15) is 19.3 Å². The van der Waals surface area contributed by atoms with Crippen LogP contribution in [-0.4, -0.2) is 43.8 Å². The Balaban J connectivity index is 1.60. The number of nitrogens with one attached hydrogen (secondary N) is 1. The van der Waals surface area contributed by atoms with E-state index in [1.54, 1.807) is 6.92 Å². The highest BCUT2D eigenvalue weighted by molar-refractivity contribution is 7.61. The molecule has 1 aliphatic carbocycles. The lowest BCUT2D eigenvalue weighted by Crippen LogP contribution is -2.36. The van der Waals surface area contributed by atoms with Crippen LogP contribution in [0.5, 0.6) is 0 Å². The maximum absolute atomic E-state index is 12.8. The van der Waals surface area contributed by atoms with Gasteiger partial charge in [-0.05, 0) is 46.0 Å². The van der Waals surface area contributed by atoms with Crippen LogP contribution in [0.15, 0.2) is 21.9 Å². The minimum atomic E-state index is -3.58. The predicted molar refractivity (Wildman–Crippen MR) is 111 cm³/mol. The van der Waals surface area contributed by atoms with Gasteiger partial charge in [0.15, 0.2) is 5.79 Å². The van der Waals surface area contributed by atoms with Gasteiger partial charge in [-0.1, -0.05) is 13.8 Å². The van der Waals surface area contributed by atoms with Crippen LogP contribution in [0.1, 0.15) is 66.3 Å². The van der Waals surface area contributed by atoms with E-state index in [4.69, 9.17) is 18.5 Å². The molecule has 3 heterocycles. The van der Waals surface area contributed by atoms with Gasteiger partial charge in [0.05, 0.1) is 17.7 Å². The average molecular weight is 458 g/mol. The van der Waals surface area contributed by atoms with Gasteiger partial charge in [0.2, 0.25) is 0 Å². The summed E-state index contributed by atoms with van der Waals surface area (Å²) < 4.78 is 37.6. The first-order chi connectivity index (χ1) is 14.3. The molecule has 1 aromatic heterocycles. The molecule has 5 unspecified atom stereocenters. The van der Waals surface area contributed by atoms with Crippen LogP contribution in [0, 0.1) is 5.92 Å². The highest BCUT2D eigenvalue weighted by Gasteiger charge is 2.71. The largest absolute Gasteiger partial charge is 0.393 e. The zero-order valence-electron chi connectivity index (χ0n) is 18.5. The predicted octanol–water partition coefficient (Wildman–Crippen LogP) is 2.47. The molecule has 174 valence electrons. The second-order valence-electron chi connectivity index (χ2n) is 9.43. The molecule has 2 N–H and O–H groups in total. The van der Waals surface area contributed by atoms with Gasteiger partial charge in [0.25, 0.3) is 11.1 Å². The third kappa shape index (κ3) is 3.98. The molecule has 31 heavy (non-hydrogen) atoms. The zero-order chi connectivity index (χ0) is 22.8. The Morgan fingerprint density at radius 2 is 2.00 bits per heavy atom. The lowest BCUT2D eigenvalue weighted by atomic mass is 9.87. The van der Waals surface area contributed by atoms with Gasteiger partial charge < -0.3 is 14.6 Å². The summed E-state index contributed by atoms with van der Waals surface area (Å²) >= 11 is 0. The van der Waals surface area contributed by atoms with Gasteiger partial charge in [-0.15, -0.1) is 0 Å². The molecule has 0 radical (unpaired) electrons. The third-order valence-corrected chi connectivity index (χ3v) is 8.99. The monoisotopic (exact) mass is 458 g/mol. The van der Waals surface area contributed by atoms with Crippen LogP contribution in [-0.2, 0) is 23.1 Å². The van der Waals surface area contributed by atoms with Crippen molar-refractivity contribution in [1.29, 1.82) is 0 Å². The van der Waals surface area contributed by atoms with Crippen molar-refractivity contribution in [3.05, 3.63) is 33.1 Å². The number of hydrogen-bond donors (Lipinski definition) is 2. The van der Waals surface area contributed by atoms with E-state index in [1.807, 2.05) is 27.7 Å². The lowest BCUT2D eigenvalue weighted by molar-refractivity contribution is -0.162. The van der Waals surface area contributed by atoms with Gasteiger partial charge in [0.1, 0.15) is 6.10 Å². The average Bonchev–Trinajstić information content (AvgIpc) is 2.91. The summed E-state index contributed by atoms with van der Waals surface area (Å²) in [5.74, 6) is -0.891. The van der Waals surface area contributed by atoms with Gasteiger partial charge in [0, 0.05) is 18.7 Å². The zero-order valence-corrected chi connectivity index (χ0v) is 19.4. The Bertz CT molecular complexity index is 1020. The van der Waals surface area contributed by atoms with Crippen LogP contribution in [0.2, 0.25) is 0 Å². The molecule has 10 nitrogen and oxygen atoms in total. The molecule has 3 aliphatic rings. The van der Waals surface area contributed by atoms with Crippen LogP contribution >= 0.6 is 7.60 Å². The Kier molecular flexibility index (Phi) is 5.44. The van der Waals surface area contributed by atoms with Crippen molar-refractivity contribution in [2.45, 2.75) is 95.5 Å². The van der Waals surface area contributed by atoms with Crippen molar-refractivity contribution in [1.82, 2.24) is 9.55 Å². The first kappa shape index (κ1) is 22.9. The topological polar surface area (TPSA) is 132 Å². The molecule has 0 amide bonds. The fourth-order valence-corrected chi connectivity index (χ4v) is 6.85. The van der Waals surface area contributed by atoms with E-state index in [1.165, 1.54) is 16.8 Å². The van der Waals surface area contributed by atoms with E-state index >= 15 is 0 Å². The maximum atomic E-state index is 12.8. The third-order valence-electron chi connectivity index (χ3n) is 6.66. The number of nitrogens with zero attached hydrogens (tertiary/aromatic N) is 1. The molecule has 3 fully saturated rings. The van der Waals surface area contributed by atoms with Crippen molar-refractivity contribution in [2.75, 3.05) is 0 Å². The van der Waals surface area contributed by atoms with E-state index < -0.39 is 35.8 Å². The van der Waals surface area contributed by atoms with Crippen molar-refractivity contribution < 1.29 is 28.2 Å². The fraction of sp³-hybridized carbons (Fsp3) is 0.800. The summed E-state index contributed by atoms with van der Waals surface area (Å²) in [6.45, 7) is 9.10. The number of aliphatic hydroxyl groups is 1. The number of rotatable bonds is 7. The Morgan fingerprint density at radius 3 is 2.58 bits per heavy atom. The first-order valence-electron chi connectivity index (χ1n) is 10.8. The maximum Gasteiger partial charge on any atom is 0.393 e. The molecule has 1 saturated carbocycles. The minimum Gasteiger partial charge on any atom is -0.356 e. The number of H-pyrrole nitrogens is 1. The van der Waals surface area contributed by atoms with Crippen molar-refractivity contribution in [2.24, 2.45) is 5.92 Å². The molecule has 1 aromatic rings. The van der Waals surface area contributed by atoms with Gasteiger partial charge in [-0.3, -0.25) is 28.0 Å². The first-order valence-corrected chi connectivity index (χ1v) is 12.3. The summed E-state index contributed by atoms with van der Waals surface area (Å²) in [4.78, 5) is 26.2. The van der Waals surface area contributed by atoms with Gasteiger partial charge in [-0.2, -0.15) is 0 Å². The lowest BCUT2D eigenvalue weighted by Gasteiger charge is -2.32. The Labute approximate surface area is 180 Å². The number of aromatic nitrogens is 2. The normalized spacial score (nSPS) is 40.5. The second-order valence-corrected chi connectivity index (χ2v) is 11.5. The minimum absolute atomic E-state index is 0.0678. The van der Waals surface area contributed by atoms with Gasteiger partial charge in [-0.25, -0.2) is 4.79 Å². The molecule has 0 spiro atoms. The summed E-state index contributed by atoms with van der Waals surface area (Å²) in [6.07, 6.45) is 2.55. The standard InChI is InChI=1S/C20H31N2O8P/c1-6-19(5,29-31(26)20(25,7-2)30-31)11-12-10-13(16-15(12)27-18(3,4)28-16)22-9-8-14(23)21-17(22)24/h8-9,12-13,15-16,25H,6-7,10-11H2,1-5H3,(H,21,23,24)/t12?,13-,15?,16+,19?,20?,31?/m1/s1. The van der Waals surface area contributed by atoms with Crippen molar-refractivity contribution >= 4 is 7.60 Å².